The van der Waals surface area contributed by atoms with E-state index in [0.29, 0.717) is 11.4 Å². The van der Waals surface area contributed by atoms with Crippen LogP contribution in [-0.4, -0.2) is 55.3 Å². The summed E-state index contributed by atoms with van der Waals surface area (Å²) < 4.78 is 40.1. The predicted octanol–water partition coefficient (Wildman–Crippen LogP) is 4.93. The number of benzene rings is 1. The minimum absolute atomic E-state index is 0.103. The van der Waals surface area contributed by atoms with Crippen LogP contribution in [0, 0.1) is 11.6 Å². The molecule has 1 aliphatic heterocycles. The van der Waals surface area contributed by atoms with E-state index < -0.39 is 23.4 Å². The monoisotopic (exact) mass is 558 g/mol. The van der Waals surface area contributed by atoms with E-state index in [1.165, 1.54) is 64.1 Å². The van der Waals surface area contributed by atoms with Crippen molar-refractivity contribution in [3.05, 3.63) is 42.1 Å². The van der Waals surface area contributed by atoms with Gasteiger partial charge in [0.05, 0.1) is 20.8 Å². The van der Waals surface area contributed by atoms with Crippen molar-refractivity contribution in [2.45, 2.75) is 70.0 Å². The largest absolute Gasteiger partial charge is 0.493 e. The van der Waals surface area contributed by atoms with Gasteiger partial charge in [0.1, 0.15) is 11.5 Å². The van der Waals surface area contributed by atoms with Gasteiger partial charge < -0.3 is 20.1 Å². The van der Waals surface area contributed by atoms with E-state index in [1.54, 1.807) is 0 Å². The first kappa shape index (κ1) is 29.0. The molecule has 0 radical (unpaired) electrons. The maximum absolute atomic E-state index is 15.1. The third-order valence-corrected chi connectivity index (χ3v) is 7.42. The molecule has 2 saturated carbocycles. The molecule has 3 aliphatic rings. The first-order chi connectivity index (χ1) is 19.3. The van der Waals surface area contributed by atoms with Gasteiger partial charge in [-0.05, 0) is 18.9 Å². The minimum Gasteiger partial charge on any atom is -0.493 e. The van der Waals surface area contributed by atoms with Gasteiger partial charge in [0.15, 0.2) is 23.1 Å². The van der Waals surface area contributed by atoms with E-state index in [9.17, 15) is 9.59 Å². The number of hydrogen-bond donors (Lipinski definition) is 2. The summed E-state index contributed by atoms with van der Waals surface area (Å²) in [5.74, 6) is -2.22. The summed E-state index contributed by atoms with van der Waals surface area (Å²) in [6, 6.07) is 0.174. The first-order valence-corrected chi connectivity index (χ1v) is 13.5. The topological polar surface area (TPSA) is 109 Å². The van der Waals surface area contributed by atoms with Crippen LogP contribution in [0.2, 0.25) is 0 Å². The predicted molar refractivity (Wildman–Crippen MR) is 148 cm³/mol. The number of methoxy groups -OCH3 is 2. The zero-order valence-corrected chi connectivity index (χ0v) is 23.1. The number of nitrogens with zero attached hydrogens (tertiary/aromatic N) is 4. The molecule has 216 valence electrons. The fourth-order valence-electron chi connectivity index (χ4n) is 4.80. The normalized spacial score (nSPS) is 19.9. The van der Waals surface area contributed by atoms with E-state index in [0.717, 1.165) is 36.6 Å². The second-order valence-electron chi connectivity index (χ2n) is 10.00. The number of amides is 3. The number of aromatic nitrogens is 2. The van der Waals surface area contributed by atoms with Crippen molar-refractivity contribution in [1.29, 1.82) is 0 Å². The van der Waals surface area contributed by atoms with E-state index in [2.05, 4.69) is 27.2 Å². The van der Waals surface area contributed by atoms with Crippen molar-refractivity contribution in [1.82, 2.24) is 15.3 Å². The molecule has 0 spiro atoms. The van der Waals surface area contributed by atoms with Gasteiger partial charge >= 0.3 is 6.03 Å². The van der Waals surface area contributed by atoms with Crippen molar-refractivity contribution >= 4 is 29.4 Å². The number of rotatable bonds is 7. The van der Waals surface area contributed by atoms with E-state index in [4.69, 9.17) is 9.47 Å². The molecule has 1 aromatic heterocycles. The molecule has 2 fully saturated rings. The molecular formula is C28H36F2N6O4. The Morgan fingerprint density at radius 2 is 1.65 bits per heavy atom. The Hall–Kier alpha value is -3.96. The summed E-state index contributed by atoms with van der Waals surface area (Å²) in [5, 5.41) is 6.19. The Balaban J connectivity index is 0.000000848. The number of carbonyl (C=O) groups excluding carboxylic acids is 2. The summed E-state index contributed by atoms with van der Waals surface area (Å²) in [6.45, 7) is 3.34. The van der Waals surface area contributed by atoms with Crippen LogP contribution < -0.4 is 29.9 Å². The third-order valence-electron chi connectivity index (χ3n) is 7.42. The average Bonchev–Trinajstić information content (AvgIpc) is 2.92. The van der Waals surface area contributed by atoms with Gasteiger partial charge in [-0.15, -0.1) is 0 Å². The molecule has 1 aromatic carbocycles. The Bertz CT molecular complexity index is 1220. The molecule has 2 aromatic rings. The van der Waals surface area contributed by atoms with Gasteiger partial charge in [0, 0.05) is 37.0 Å². The lowest BCUT2D eigenvalue weighted by Crippen LogP contribution is -2.49. The second-order valence-corrected chi connectivity index (χ2v) is 10.00. The van der Waals surface area contributed by atoms with E-state index in [-0.39, 0.29) is 42.0 Å². The molecule has 2 atom stereocenters. The molecule has 0 bridgehead atoms. The maximum atomic E-state index is 15.1. The molecule has 0 saturated heterocycles. The molecule has 40 heavy (non-hydrogen) atoms. The summed E-state index contributed by atoms with van der Waals surface area (Å²) >= 11 is 0. The van der Waals surface area contributed by atoms with Crippen LogP contribution in [-0.2, 0) is 11.3 Å². The first-order valence-electron chi connectivity index (χ1n) is 13.5. The molecule has 3 amide bonds. The van der Waals surface area contributed by atoms with E-state index >= 15 is 8.78 Å². The van der Waals surface area contributed by atoms with Gasteiger partial charge in [0.2, 0.25) is 11.9 Å². The number of anilines is 3. The number of nitrogens with one attached hydrogen (secondary N) is 2. The molecular weight excluding hydrogens is 522 g/mol. The lowest BCUT2D eigenvalue weighted by molar-refractivity contribution is -0.117. The van der Waals surface area contributed by atoms with Crippen LogP contribution in [0.1, 0.15) is 56.9 Å². The SMILES string of the molecule is C1CCC1.C=CC(=O)NC1CCCCC1Nc1ncc2c(n1)N(C)C(=O)N(c1c(F)c(OC)cc(OC)c1F)C2. The molecule has 2 unspecified atom stereocenters. The van der Waals surface area contributed by atoms with Gasteiger partial charge in [-0.2, -0.15) is 4.98 Å². The summed E-state index contributed by atoms with van der Waals surface area (Å²) in [7, 11) is 3.94. The smallest absolute Gasteiger partial charge is 0.330 e. The molecule has 2 N–H and O–H groups in total. The molecule has 5 rings (SSSR count). The van der Waals surface area contributed by atoms with Crippen molar-refractivity contribution in [2.24, 2.45) is 0 Å². The minimum atomic E-state index is -1.02. The Morgan fingerprint density at radius 1 is 1.05 bits per heavy atom. The molecule has 2 aliphatic carbocycles. The zero-order chi connectivity index (χ0) is 28.8. The number of hydrogen-bond acceptors (Lipinski definition) is 7. The van der Waals surface area contributed by atoms with Crippen molar-refractivity contribution < 1.29 is 27.8 Å². The highest BCUT2D eigenvalue weighted by molar-refractivity contribution is 6.05. The number of ether oxygens (including phenoxy) is 2. The van der Waals surface area contributed by atoms with E-state index in [1.807, 2.05) is 0 Å². The second kappa shape index (κ2) is 12.9. The Labute approximate surface area is 232 Å². The van der Waals surface area contributed by atoms with Crippen LogP contribution >= 0.6 is 0 Å². The van der Waals surface area contributed by atoms with Crippen molar-refractivity contribution in [2.75, 3.05) is 36.4 Å². The summed E-state index contributed by atoms with van der Waals surface area (Å²) in [5.41, 5.74) is -0.0951. The summed E-state index contributed by atoms with van der Waals surface area (Å²) in [6.07, 6.45) is 12.3. The Morgan fingerprint density at radius 3 is 2.20 bits per heavy atom. The number of fused-ring (bicyclic) bond motifs is 1. The highest BCUT2D eigenvalue weighted by Gasteiger charge is 2.36. The van der Waals surface area contributed by atoms with Crippen molar-refractivity contribution in [3.8, 4) is 11.5 Å². The van der Waals surface area contributed by atoms with Crippen LogP contribution in [0.4, 0.5) is 31.0 Å². The fraction of sp³-hybridized carbons (Fsp3) is 0.500. The Kier molecular flexibility index (Phi) is 9.38. The molecule has 2 heterocycles. The maximum Gasteiger partial charge on any atom is 0.330 e. The lowest BCUT2D eigenvalue weighted by atomic mass is 9.90. The van der Waals surface area contributed by atoms with Crippen LogP contribution in [0.5, 0.6) is 11.5 Å². The number of urea groups is 1. The quantitative estimate of drug-likeness (QED) is 0.464. The number of carbonyl (C=O) groups is 2. The van der Waals surface area contributed by atoms with Crippen LogP contribution in [0.15, 0.2) is 24.9 Å². The van der Waals surface area contributed by atoms with Gasteiger partial charge in [-0.1, -0.05) is 45.1 Å². The lowest BCUT2D eigenvalue weighted by Gasteiger charge is -2.35. The van der Waals surface area contributed by atoms with Crippen molar-refractivity contribution in [3.63, 3.8) is 0 Å². The number of halogens is 2. The average molecular weight is 559 g/mol. The standard InChI is InChI=1S/C24H28F2N6O4.C4H8/c1-5-18(33)28-14-8-6-7-9-15(14)29-23-27-11-13-12-32(24(34)31(2)22(13)30-23)21-19(25)16(35-3)10-17(36-4)20(21)26;1-2-4-3-1/h5,10-11,14-15H,1,6-9,12H2,2-4H3,(H,28,33)(H,27,29,30);1-4H2. The highest BCUT2D eigenvalue weighted by atomic mass is 19.1. The zero-order valence-electron chi connectivity index (χ0n) is 23.1. The van der Waals surface area contributed by atoms with Gasteiger partial charge in [-0.3, -0.25) is 14.6 Å². The van der Waals surface area contributed by atoms with Crippen LogP contribution in [0.3, 0.4) is 0 Å². The molecule has 12 heteroatoms. The highest BCUT2D eigenvalue weighted by Crippen LogP contribution is 2.40. The third kappa shape index (κ3) is 6.10. The fourth-order valence-corrected chi connectivity index (χ4v) is 4.80. The van der Waals surface area contributed by atoms with Gasteiger partial charge in [0.25, 0.3) is 0 Å². The van der Waals surface area contributed by atoms with Crippen LogP contribution in [0.25, 0.3) is 0 Å². The van der Waals surface area contributed by atoms with Gasteiger partial charge in [-0.25, -0.2) is 18.6 Å². The molecule has 10 nitrogen and oxygen atoms in total. The summed E-state index contributed by atoms with van der Waals surface area (Å²) in [4.78, 5) is 36.0.